The molecule has 3 nitrogen and oxygen atoms in total. The van der Waals surface area contributed by atoms with Gasteiger partial charge in [-0.1, -0.05) is 24.3 Å². The van der Waals surface area contributed by atoms with Crippen molar-refractivity contribution >= 4 is 6.03 Å². The SMILES string of the molecule is Cc1ccccc1C1CN(C)C(=O)N1C. The van der Waals surface area contributed by atoms with E-state index in [4.69, 9.17) is 0 Å². The molecule has 0 N–H and O–H groups in total. The van der Waals surface area contributed by atoms with Crippen LogP contribution in [0.25, 0.3) is 0 Å². The number of carbonyl (C=O) groups excluding carboxylic acids is 1. The van der Waals surface area contributed by atoms with Crippen LogP contribution in [0.4, 0.5) is 4.79 Å². The minimum atomic E-state index is 0.100. The van der Waals surface area contributed by atoms with Gasteiger partial charge < -0.3 is 9.80 Å². The molecular formula is C12H16N2O. The van der Waals surface area contributed by atoms with E-state index in [1.54, 1.807) is 4.90 Å². The molecule has 1 heterocycles. The standard InChI is InChI=1S/C12H16N2O/c1-9-6-4-5-7-10(9)11-8-13(2)12(15)14(11)3/h4-7,11H,8H2,1-3H3. The summed E-state index contributed by atoms with van der Waals surface area (Å²) in [5.41, 5.74) is 2.50. The number of carbonyl (C=O) groups is 1. The van der Waals surface area contributed by atoms with Crippen LogP contribution < -0.4 is 0 Å². The number of likely N-dealkylation sites (N-methyl/N-ethyl adjacent to an activating group) is 2. The summed E-state index contributed by atoms with van der Waals surface area (Å²) in [6.07, 6.45) is 0. The molecule has 0 radical (unpaired) electrons. The largest absolute Gasteiger partial charge is 0.325 e. The number of nitrogens with zero attached hydrogens (tertiary/aromatic N) is 2. The Balaban J connectivity index is 2.34. The molecule has 0 saturated carbocycles. The van der Waals surface area contributed by atoms with E-state index in [2.05, 4.69) is 19.1 Å². The van der Waals surface area contributed by atoms with Gasteiger partial charge >= 0.3 is 6.03 Å². The Kier molecular flexibility index (Phi) is 2.39. The van der Waals surface area contributed by atoms with E-state index < -0.39 is 0 Å². The van der Waals surface area contributed by atoms with Crippen molar-refractivity contribution in [3.63, 3.8) is 0 Å². The molecular weight excluding hydrogens is 188 g/mol. The third kappa shape index (κ3) is 1.58. The van der Waals surface area contributed by atoms with Gasteiger partial charge in [-0.25, -0.2) is 4.79 Å². The zero-order valence-electron chi connectivity index (χ0n) is 9.40. The fourth-order valence-corrected chi connectivity index (χ4v) is 2.13. The first-order valence-corrected chi connectivity index (χ1v) is 5.14. The minimum absolute atomic E-state index is 0.100. The Hall–Kier alpha value is -1.51. The Bertz CT molecular complexity index is 389. The normalized spacial score (nSPS) is 21.3. The molecule has 1 aromatic carbocycles. The van der Waals surface area contributed by atoms with Crippen molar-refractivity contribution in [3.05, 3.63) is 35.4 Å². The molecule has 1 unspecified atom stereocenters. The lowest BCUT2D eigenvalue weighted by Crippen LogP contribution is -2.26. The predicted molar refractivity (Wildman–Crippen MR) is 59.7 cm³/mol. The van der Waals surface area contributed by atoms with Gasteiger partial charge in [0.05, 0.1) is 6.04 Å². The minimum Gasteiger partial charge on any atom is -0.325 e. The van der Waals surface area contributed by atoms with E-state index >= 15 is 0 Å². The maximum Gasteiger partial charge on any atom is 0.320 e. The summed E-state index contributed by atoms with van der Waals surface area (Å²) in [5.74, 6) is 0. The highest BCUT2D eigenvalue weighted by atomic mass is 16.2. The summed E-state index contributed by atoms with van der Waals surface area (Å²) in [6, 6.07) is 8.54. The van der Waals surface area contributed by atoms with E-state index in [9.17, 15) is 4.79 Å². The van der Waals surface area contributed by atoms with Crippen molar-refractivity contribution in [2.75, 3.05) is 20.6 Å². The number of aryl methyl sites for hydroxylation is 1. The molecule has 0 bridgehead atoms. The second-order valence-electron chi connectivity index (χ2n) is 4.15. The summed E-state index contributed by atoms with van der Waals surface area (Å²) in [5, 5.41) is 0. The van der Waals surface area contributed by atoms with Gasteiger partial charge in [0.2, 0.25) is 0 Å². The molecule has 0 aromatic heterocycles. The van der Waals surface area contributed by atoms with E-state index in [0.29, 0.717) is 0 Å². The van der Waals surface area contributed by atoms with Crippen LogP contribution in [-0.2, 0) is 0 Å². The molecule has 1 saturated heterocycles. The molecule has 1 aliphatic rings. The first-order valence-electron chi connectivity index (χ1n) is 5.14. The van der Waals surface area contributed by atoms with Gasteiger partial charge in [-0.3, -0.25) is 0 Å². The maximum atomic E-state index is 11.7. The Labute approximate surface area is 90.3 Å². The van der Waals surface area contributed by atoms with E-state index in [0.717, 1.165) is 6.54 Å². The fourth-order valence-electron chi connectivity index (χ4n) is 2.13. The molecule has 1 aromatic rings. The second kappa shape index (κ2) is 3.57. The Morgan fingerprint density at radius 2 is 1.93 bits per heavy atom. The van der Waals surface area contributed by atoms with Crippen molar-refractivity contribution < 1.29 is 4.79 Å². The lowest BCUT2D eigenvalue weighted by Gasteiger charge is -2.19. The molecule has 3 heteroatoms. The first-order chi connectivity index (χ1) is 7.11. The number of amides is 2. The molecule has 15 heavy (non-hydrogen) atoms. The van der Waals surface area contributed by atoms with E-state index in [-0.39, 0.29) is 12.1 Å². The summed E-state index contributed by atoms with van der Waals surface area (Å²) in [6.45, 7) is 2.87. The molecule has 0 spiro atoms. The van der Waals surface area contributed by atoms with Crippen LogP contribution in [0.3, 0.4) is 0 Å². The number of rotatable bonds is 1. The van der Waals surface area contributed by atoms with Gasteiger partial charge in [0, 0.05) is 20.6 Å². The van der Waals surface area contributed by atoms with Gasteiger partial charge in [-0.2, -0.15) is 0 Å². The third-order valence-corrected chi connectivity index (χ3v) is 3.09. The van der Waals surface area contributed by atoms with E-state index in [1.165, 1.54) is 11.1 Å². The molecule has 1 atom stereocenters. The summed E-state index contributed by atoms with van der Waals surface area (Å²) in [4.78, 5) is 15.2. The highest BCUT2D eigenvalue weighted by Crippen LogP contribution is 2.28. The average Bonchev–Trinajstić information content (AvgIpc) is 2.47. The molecule has 2 rings (SSSR count). The van der Waals surface area contributed by atoms with Crippen LogP contribution in [-0.4, -0.2) is 36.5 Å². The number of urea groups is 1. The summed E-state index contributed by atoms with van der Waals surface area (Å²) < 4.78 is 0. The number of hydrogen-bond acceptors (Lipinski definition) is 1. The van der Waals surface area contributed by atoms with Gasteiger partial charge in [-0.15, -0.1) is 0 Å². The second-order valence-corrected chi connectivity index (χ2v) is 4.15. The van der Waals surface area contributed by atoms with Crippen molar-refractivity contribution in [3.8, 4) is 0 Å². The van der Waals surface area contributed by atoms with Crippen molar-refractivity contribution in [1.82, 2.24) is 9.80 Å². The van der Waals surface area contributed by atoms with Gasteiger partial charge in [0.15, 0.2) is 0 Å². The Morgan fingerprint density at radius 1 is 1.27 bits per heavy atom. The zero-order chi connectivity index (χ0) is 11.0. The first kappa shape index (κ1) is 10.0. The Morgan fingerprint density at radius 3 is 2.47 bits per heavy atom. The maximum absolute atomic E-state index is 11.7. The quantitative estimate of drug-likeness (QED) is 0.686. The average molecular weight is 204 g/mol. The zero-order valence-corrected chi connectivity index (χ0v) is 9.40. The molecule has 2 amide bonds. The predicted octanol–water partition coefficient (Wildman–Crippen LogP) is 2.03. The molecule has 80 valence electrons. The molecule has 1 aliphatic heterocycles. The number of hydrogen-bond donors (Lipinski definition) is 0. The third-order valence-electron chi connectivity index (χ3n) is 3.09. The summed E-state index contributed by atoms with van der Waals surface area (Å²) >= 11 is 0. The molecule has 0 aliphatic carbocycles. The summed E-state index contributed by atoms with van der Waals surface area (Å²) in [7, 11) is 3.71. The highest BCUT2D eigenvalue weighted by Gasteiger charge is 2.33. The lowest BCUT2D eigenvalue weighted by molar-refractivity contribution is 0.201. The number of benzene rings is 1. The van der Waals surface area contributed by atoms with Gasteiger partial charge in [-0.05, 0) is 18.1 Å². The van der Waals surface area contributed by atoms with E-state index in [1.807, 2.05) is 31.1 Å². The lowest BCUT2D eigenvalue weighted by atomic mass is 10.0. The van der Waals surface area contributed by atoms with Crippen LogP contribution >= 0.6 is 0 Å². The van der Waals surface area contributed by atoms with Crippen molar-refractivity contribution in [1.29, 1.82) is 0 Å². The topological polar surface area (TPSA) is 23.6 Å². The van der Waals surface area contributed by atoms with Crippen molar-refractivity contribution in [2.24, 2.45) is 0 Å². The fraction of sp³-hybridized carbons (Fsp3) is 0.417. The van der Waals surface area contributed by atoms with Crippen LogP contribution in [0.2, 0.25) is 0 Å². The molecule has 1 fully saturated rings. The van der Waals surface area contributed by atoms with Gasteiger partial charge in [0.1, 0.15) is 0 Å². The van der Waals surface area contributed by atoms with Crippen LogP contribution in [0.5, 0.6) is 0 Å². The van der Waals surface area contributed by atoms with Crippen LogP contribution in [0.15, 0.2) is 24.3 Å². The van der Waals surface area contributed by atoms with Gasteiger partial charge in [0.25, 0.3) is 0 Å². The van der Waals surface area contributed by atoms with Crippen LogP contribution in [0, 0.1) is 6.92 Å². The van der Waals surface area contributed by atoms with Crippen molar-refractivity contribution in [2.45, 2.75) is 13.0 Å². The highest BCUT2D eigenvalue weighted by molar-refractivity contribution is 5.77. The van der Waals surface area contributed by atoms with Crippen LogP contribution in [0.1, 0.15) is 17.2 Å². The monoisotopic (exact) mass is 204 g/mol. The smallest absolute Gasteiger partial charge is 0.320 e.